The molecular formula is C14H20IN. The van der Waals surface area contributed by atoms with E-state index in [0.717, 1.165) is 12.5 Å². The Kier molecular flexibility index (Phi) is 4.65. The Morgan fingerprint density at radius 2 is 1.81 bits per heavy atom. The minimum atomic E-state index is 0.953. The van der Waals surface area contributed by atoms with Gasteiger partial charge < -0.3 is 4.90 Å². The lowest BCUT2D eigenvalue weighted by atomic mass is 10.1. The molecule has 0 bridgehead atoms. The van der Waals surface area contributed by atoms with Gasteiger partial charge in [0.2, 0.25) is 0 Å². The molecule has 0 atom stereocenters. The summed E-state index contributed by atoms with van der Waals surface area (Å²) in [4.78, 5) is 2.47. The van der Waals surface area contributed by atoms with Crippen molar-refractivity contribution in [1.29, 1.82) is 0 Å². The van der Waals surface area contributed by atoms with Crippen LogP contribution in [0.1, 0.15) is 31.2 Å². The van der Waals surface area contributed by atoms with Crippen LogP contribution in [0.3, 0.4) is 0 Å². The molecule has 0 unspecified atom stereocenters. The lowest BCUT2D eigenvalue weighted by molar-refractivity contribution is 0.271. The van der Waals surface area contributed by atoms with E-state index in [1.54, 1.807) is 0 Å². The summed E-state index contributed by atoms with van der Waals surface area (Å²) in [5, 5.41) is 0. The van der Waals surface area contributed by atoms with Crippen molar-refractivity contribution in [2.75, 3.05) is 13.6 Å². The van der Waals surface area contributed by atoms with Crippen LogP contribution in [0.2, 0.25) is 0 Å². The van der Waals surface area contributed by atoms with Crippen molar-refractivity contribution in [3.05, 3.63) is 33.4 Å². The van der Waals surface area contributed by atoms with Crippen molar-refractivity contribution in [3.8, 4) is 0 Å². The van der Waals surface area contributed by atoms with E-state index in [1.807, 2.05) is 0 Å². The molecule has 0 saturated heterocycles. The zero-order chi connectivity index (χ0) is 11.4. The summed E-state index contributed by atoms with van der Waals surface area (Å²) >= 11 is 2.36. The van der Waals surface area contributed by atoms with Crippen molar-refractivity contribution in [2.45, 2.75) is 32.2 Å². The molecule has 1 aliphatic rings. The van der Waals surface area contributed by atoms with Crippen LogP contribution in [0.25, 0.3) is 0 Å². The van der Waals surface area contributed by atoms with Crippen molar-refractivity contribution in [2.24, 2.45) is 5.92 Å². The van der Waals surface area contributed by atoms with Crippen LogP contribution in [0.15, 0.2) is 24.3 Å². The van der Waals surface area contributed by atoms with Crippen LogP contribution in [0.5, 0.6) is 0 Å². The van der Waals surface area contributed by atoms with Gasteiger partial charge >= 0.3 is 0 Å². The van der Waals surface area contributed by atoms with Crippen LogP contribution in [-0.2, 0) is 6.54 Å². The highest BCUT2D eigenvalue weighted by Gasteiger charge is 2.16. The van der Waals surface area contributed by atoms with Crippen molar-refractivity contribution < 1.29 is 0 Å². The Morgan fingerprint density at radius 1 is 1.19 bits per heavy atom. The van der Waals surface area contributed by atoms with Gasteiger partial charge in [-0.15, -0.1) is 0 Å². The molecule has 2 rings (SSSR count). The zero-order valence-electron chi connectivity index (χ0n) is 9.95. The summed E-state index contributed by atoms with van der Waals surface area (Å²) in [6.45, 7) is 2.36. The molecule has 0 aliphatic heterocycles. The van der Waals surface area contributed by atoms with Crippen molar-refractivity contribution in [1.82, 2.24) is 4.90 Å². The maximum absolute atomic E-state index is 2.47. The highest BCUT2D eigenvalue weighted by atomic mass is 127. The van der Waals surface area contributed by atoms with E-state index in [2.05, 4.69) is 58.8 Å². The molecule has 1 aromatic carbocycles. The second-order valence-electron chi connectivity index (χ2n) is 4.97. The van der Waals surface area contributed by atoms with Crippen LogP contribution in [0, 0.1) is 9.49 Å². The molecule has 88 valence electrons. The smallest absolute Gasteiger partial charge is 0.0230 e. The monoisotopic (exact) mass is 329 g/mol. The number of nitrogens with zero attached hydrogens (tertiary/aromatic N) is 1. The number of halogens is 1. The van der Waals surface area contributed by atoms with Gasteiger partial charge in [-0.1, -0.05) is 25.0 Å². The lowest BCUT2D eigenvalue weighted by Crippen LogP contribution is -2.24. The highest BCUT2D eigenvalue weighted by molar-refractivity contribution is 14.1. The fourth-order valence-corrected chi connectivity index (χ4v) is 2.96. The van der Waals surface area contributed by atoms with Crippen molar-refractivity contribution >= 4 is 22.6 Å². The van der Waals surface area contributed by atoms with Gasteiger partial charge in [-0.3, -0.25) is 0 Å². The van der Waals surface area contributed by atoms with Crippen LogP contribution in [0.4, 0.5) is 0 Å². The van der Waals surface area contributed by atoms with E-state index in [-0.39, 0.29) is 0 Å². The molecule has 1 aliphatic carbocycles. The SMILES string of the molecule is CN(Cc1ccc(I)cc1)CC1CCCC1. The summed E-state index contributed by atoms with van der Waals surface area (Å²) in [6, 6.07) is 8.87. The first-order valence-corrected chi connectivity index (χ1v) is 7.25. The first-order valence-electron chi connectivity index (χ1n) is 6.17. The normalized spacial score (nSPS) is 17.2. The minimum Gasteiger partial charge on any atom is -0.302 e. The summed E-state index contributed by atoms with van der Waals surface area (Å²) in [5.74, 6) is 0.953. The lowest BCUT2D eigenvalue weighted by Gasteiger charge is -2.20. The van der Waals surface area contributed by atoms with E-state index in [9.17, 15) is 0 Å². The van der Waals surface area contributed by atoms with Gasteiger partial charge in [0.05, 0.1) is 0 Å². The fourth-order valence-electron chi connectivity index (χ4n) is 2.60. The zero-order valence-corrected chi connectivity index (χ0v) is 12.1. The van der Waals surface area contributed by atoms with Crippen LogP contribution < -0.4 is 0 Å². The molecule has 0 aromatic heterocycles. The van der Waals surface area contributed by atoms with Gasteiger partial charge in [0.25, 0.3) is 0 Å². The van der Waals surface area contributed by atoms with E-state index < -0.39 is 0 Å². The summed E-state index contributed by atoms with van der Waals surface area (Å²) < 4.78 is 1.32. The second-order valence-corrected chi connectivity index (χ2v) is 6.22. The minimum absolute atomic E-state index is 0.953. The molecule has 1 aromatic rings. The molecule has 16 heavy (non-hydrogen) atoms. The summed E-state index contributed by atoms with van der Waals surface area (Å²) in [6.07, 6.45) is 5.78. The standard InChI is InChI=1S/C14H20IN/c1-16(10-12-4-2-3-5-12)11-13-6-8-14(15)9-7-13/h6-9,12H,2-5,10-11H2,1H3. The van der Waals surface area contributed by atoms with E-state index in [1.165, 1.54) is 41.4 Å². The molecule has 0 radical (unpaired) electrons. The molecule has 1 fully saturated rings. The van der Waals surface area contributed by atoms with Gasteiger partial charge in [0.1, 0.15) is 0 Å². The molecule has 1 nitrogen and oxygen atoms in total. The van der Waals surface area contributed by atoms with E-state index in [0.29, 0.717) is 0 Å². The van der Waals surface area contributed by atoms with Crippen molar-refractivity contribution in [3.63, 3.8) is 0 Å². The molecular weight excluding hydrogens is 309 g/mol. The van der Waals surface area contributed by atoms with Gasteiger partial charge in [0, 0.05) is 16.7 Å². The predicted molar refractivity (Wildman–Crippen MR) is 77.5 cm³/mol. The van der Waals surface area contributed by atoms with Gasteiger partial charge in [0.15, 0.2) is 0 Å². The molecule has 0 spiro atoms. The van der Waals surface area contributed by atoms with Crippen LogP contribution in [-0.4, -0.2) is 18.5 Å². The largest absolute Gasteiger partial charge is 0.302 e. The summed E-state index contributed by atoms with van der Waals surface area (Å²) in [7, 11) is 2.25. The van der Waals surface area contributed by atoms with Gasteiger partial charge in [-0.2, -0.15) is 0 Å². The average molecular weight is 329 g/mol. The van der Waals surface area contributed by atoms with E-state index >= 15 is 0 Å². The molecule has 2 heteroatoms. The van der Waals surface area contributed by atoms with E-state index in [4.69, 9.17) is 0 Å². The molecule has 0 amide bonds. The molecule has 1 saturated carbocycles. The third-order valence-corrected chi connectivity index (χ3v) is 4.13. The Bertz CT molecular complexity index is 314. The Labute approximate surface area is 112 Å². The maximum atomic E-state index is 2.47. The first kappa shape index (κ1) is 12.4. The Balaban J connectivity index is 1.81. The maximum Gasteiger partial charge on any atom is 0.0230 e. The van der Waals surface area contributed by atoms with Gasteiger partial charge in [-0.05, 0) is 66.1 Å². The fraction of sp³-hybridized carbons (Fsp3) is 0.571. The topological polar surface area (TPSA) is 3.24 Å². The highest BCUT2D eigenvalue weighted by Crippen LogP contribution is 2.25. The third kappa shape index (κ3) is 3.74. The average Bonchev–Trinajstić information content (AvgIpc) is 2.74. The summed E-state index contributed by atoms with van der Waals surface area (Å²) in [5.41, 5.74) is 1.43. The quantitative estimate of drug-likeness (QED) is 0.757. The van der Waals surface area contributed by atoms with Gasteiger partial charge in [-0.25, -0.2) is 0 Å². The molecule has 0 heterocycles. The second kappa shape index (κ2) is 6.01. The third-order valence-electron chi connectivity index (χ3n) is 3.41. The first-order chi connectivity index (χ1) is 7.74. The Morgan fingerprint density at radius 3 is 2.44 bits per heavy atom. The number of rotatable bonds is 4. The molecule has 0 N–H and O–H groups in total. The van der Waals surface area contributed by atoms with Crippen LogP contribution >= 0.6 is 22.6 Å². The number of hydrogen-bond acceptors (Lipinski definition) is 1. The number of benzene rings is 1. The number of hydrogen-bond donors (Lipinski definition) is 0. The predicted octanol–water partition coefficient (Wildman–Crippen LogP) is 3.91. The Hall–Kier alpha value is -0.0900.